The van der Waals surface area contributed by atoms with Gasteiger partial charge in [0.1, 0.15) is 0 Å². The average molecular weight is 225 g/mol. The molecule has 2 unspecified atom stereocenters. The zero-order valence-corrected chi connectivity index (χ0v) is 9.21. The van der Waals surface area contributed by atoms with E-state index in [1.165, 1.54) is 0 Å². The number of rotatable bonds is 2. The predicted molar refractivity (Wildman–Crippen MR) is 60.0 cm³/mol. The Morgan fingerprint density at radius 1 is 1.60 bits per heavy atom. The van der Waals surface area contributed by atoms with Crippen LogP contribution < -0.4 is 11.1 Å². The summed E-state index contributed by atoms with van der Waals surface area (Å²) in [4.78, 5) is 11.7. The topological polar surface area (TPSA) is 55.1 Å². The Kier molecular flexibility index (Phi) is 2.67. The Balaban J connectivity index is 2.11. The van der Waals surface area contributed by atoms with Crippen molar-refractivity contribution < 1.29 is 4.79 Å². The van der Waals surface area contributed by atoms with E-state index in [9.17, 15) is 4.79 Å². The molecule has 0 aliphatic heterocycles. The average Bonchev–Trinajstić information content (AvgIpc) is 2.81. The highest BCUT2D eigenvalue weighted by Crippen LogP contribution is 2.21. The third kappa shape index (κ3) is 2.30. The van der Waals surface area contributed by atoms with Gasteiger partial charge in [-0.05, 0) is 31.0 Å². The molecule has 0 radical (unpaired) electrons. The SMILES string of the molecule is Cc1ccc(C(=O)NC2CC2N)c(Cl)c1. The summed E-state index contributed by atoms with van der Waals surface area (Å²) in [7, 11) is 0. The third-order valence-electron chi connectivity index (χ3n) is 2.53. The second kappa shape index (κ2) is 3.83. The van der Waals surface area contributed by atoms with E-state index in [0.717, 1.165) is 12.0 Å². The van der Waals surface area contributed by atoms with Crippen molar-refractivity contribution in [3.63, 3.8) is 0 Å². The van der Waals surface area contributed by atoms with Crippen LogP contribution in [0.15, 0.2) is 18.2 Å². The molecular weight excluding hydrogens is 212 g/mol. The van der Waals surface area contributed by atoms with Gasteiger partial charge in [-0.25, -0.2) is 0 Å². The number of benzene rings is 1. The fraction of sp³-hybridized carbons (Fsp3) is 0.364. The number of carbonyl (C=O) groups is 1. The molecule has 1 amide bonds. The molecule has 80 valence electrons. The van der Waals surface area contributed by atoms with Gasteiger partial charge in [-0.15, -0.1) is 0 Å². The van der Waals surface area contributed by atoms with Gasteiger partial charge in [-0.2, -0.15) is 0 Å². The first-order valence-electron chi connectivity index (χ1n) is 4.90. The molecule has 0 bridgehead atoms. The maximum Gasteiger partial charge on any atom is 0.253 e. The molecule has 1 fully saturated rings. The van der Waals surface area contributed by atoms with Crippen molar-refractivity contribution in [1.82, 2.24) is 5.32 Å². The number of nitrogens with two attached hydrogens (primary N) is 1. The zero-order chi connectivity index (χ0) is 11.0. The van der Waals surface area contributed by atoms with E-state index in [-0.39, 0.29) is 18.0 Å². The van der Waals surface area contributed by atoms with E-state index < -0.39 is 0 Å². The maximum atomic E-state index is 11.7. The van der Waals surface area contributed by atoms with E-state index in [2.05, 4.69) is 5.32 Å². The van der Waals surface area contributed by atoms with Crippen LogP contribution in [-0.4, -0.2) is 18.0 Å². The number of hydrogen-bond acceptors (Lipinski definition) is 2. The van der Waals surface area contributed by atoms with E-state index in [1.54, 1.807) is 12.1 Å². The standard InChI is InChI=1S/C11H13ClN2O/c1-6-2-3-7(8(12)4-6)11(15)14-10-5-9(10)13/h2-4,9-10H,5,13H2,1H3,(H,14,15). The summed E-state index contributed by atoms with van der Waals surface area (Å²) in [5, 5.41) is 3.32. The lowest BCUT2D eigenvalue weighted by atomic mass is 10.1. The van der Waals surface area contributed by atoms with Crippen molar-refractivity contribution in [2.45, 2.75) is 25.4 Å². The molecule has 1 aromatic rings. The van der Waals surface area contributed by atoms with Gasteiger partial charge in [0, 0.05) is 12.1 Å². The molecule has 1 saturated carbocycles. The molecule has 1 aliphatic carbocycles. The summed E-state index contributed by atoms with van der Waals surface area (Å²) in [6.07, 6.45) is 0.856. The van der Waals surface area contributed by atoms with Gasteiger partial charge in [0.05, 0.1) is 10.6 Å². The Hall–Kier alpha value is -1.06. The number of nitrogens with one attached hydrogen (secondary N) is 1. The highest BCUT2D eigenvalue weighted by molar-refractivity contribution is 6.33. The molecule has 2 rings (SSSR count). The predicted octanol–water partition coefficient (Wildman–Crippen LogP) is 1.48. The largest absolute Gasteiger partial charge is 0.348 e. The molecule has 3 nitrogen and oxygen atoms in total. The monoisotopic (exact) mass is 224 g/mol. The third-order valence-corrected chi connectivity index (χ3v) is 2.84. The molecule has 0 saturated heterocycles. The molecule has 1 aliphatic rings. The summed E-state index contributed by atoms with van der Waals surface area (Å²) in [6.45, 7) is 1.93. The van der Waals surface area contributed by atoms with E-state index >= 15 is 0 Å². The lowest BCUT2D eigenvalue weighted by molar-refractivity contribution is 0.0950. The van der Waals surface area contributed by atoms with Gasteiger partial charge in [0.25, 0.3) is 5.91 Å². The van der Waals surface area contributed by atoms with Crippen LogP contribution in [0.4, 0.5) is 0 Å². The Bertz CT molecular complexity index is 406. The van der Waals surface area contributed by atoms with Crippen LogP contribution in [0.1, 0.15) is 22.3 Å². The van der Waals surface area contributed by atoms with Crippen LogP contribution in [0, 0.1) is 6.92 Å². The quantitative estimate of drug-likeness (QED) is 0.800. The molecular formula is C11H13ClN2O. The molecule has 0 heterocycles. The normalized spacial score (nSPS) is 23.7. The lowest BCUT2D eigenvalue weighted by Gasteiger charge is -2.06. The van der Waals surface area contributed by atoms with Gasteiger partial charge in [-0.1, -0.05) is 17.7 Å². The summed E-state index contributed by atoms with van der Waals surface area (Å²) < 4.78 is 0. The highest BCUT2D eigenvalue weighted by Gasteiger charge is 2.35. The number of hydrogen-bond donors (Lipinski definition) is 2. The molecule has 0 aromatic heterocycles. The van der Waals surface area contributed by atoms with Crippen LogP contribution >= 0.6 is 11.6 Å². The van der Waals surface area contributed by atoms with Crippen molar-refractivity contribution in [1.29, 1.82) is 0 Å². The minimum absolute atomic E-state index is 0.109. The first kappa shape index (κ1) is 10.5. The van der Waals surface area contributed by atoms with Crippen LogP contribution in [0.3, 0.4) is 0 Å². The molecule has 4 heteroatoms. The van der Waals surface area contributed by atoms with Crippen molar-refractivity contribution in [3.8, 4) is 0 Å². The van der Waals surface area contributed by atoms with E-state index in [0.29, 0.717) is 10.6 Å². The Morgan fingerprint density at radius 3 is 2.80 bits per heavy atom. The number of amides is 1. The second-order valence-corrected chi connectivity index (χ2v) is 4.37. The van der Waals surface area contributed by atoms with Gasteiger partial charge in [-0.3, -0.25) is 4.79 Å². The summed E-state index contributed by atoms with van der Waals surface area (Å²) >= 11 is 5.97. The summed E-state index contributed by atoms with van der Waals surface area (Å²) in [5.41, 5.74) is 7.16. The molecule has 15 heavy (non-hydrogen) atoms. The van der Waals surface area contributed by atoms with Gasteiger partial charge in [0.2, 0.25) is 0 Å². The summed E-state index contributed by atoms with van der Waals surface area (Å²) in [5.74, 6) is -0.141. The van der Waals surface area contributed by atoms with Gasteiger partial charge >= 0.3 is 0 Å². The molecule has 2 atom stereocenters. The highest BCUT2D eigenvalue weighted by atomic mass is 35.5. The molecule has 0 spiro atoms. The van der Waals surface area contributed by atoms with Crippen molar-refractivity contribution in [2.24, 2.45) is 5.73 Å². The zero-order valence-electron chi connectivity index (χ0n) is 8.46. The Labute approximate surface area is 93.6 Å². The maximum absolute atomic E-state index is 11.7. The number of aryl methyl sites for hydroxylation is 1. The van der Waals surface area contributed by atoms with E-state index in [1.807, 2.05) is 13.0 Å². The lowest BCUT2D eigenvalue weighted by Crippen LogP contribution is -2.29. The first-order chi connectivity index (χ1) is 7.08. The summed E-state index contributed by atoms with van der Waals surface area (Å²) in [6, 6.07) is 5.62. The second-order valence-electron chi connectivity index (χ2n) is 3.96. The van der Waals surface area contributed by atoms with Crippen molar-refractivity contribution >= 4 is 17.5 Å². The van der Waals surface area contributed by atoms with Crippen molar-refractivity contribution in [2.75, 3.05) is 0 Å². The first-order valence-corrected chi connectivity index (χ1v) is 5.28. The Morgan fingerprint density at radius 2 is 2.27 bits per heavy atom. The van der Waals surface area contributed by atoms with E-state index in [4.69, 9.17) is 17.3 Å². The van der Waals surface area contributed by atoms with Crippen molar-refractivity contribution in [3.05, 3.63) is 34.3 Å². The van der Waals surface area contributed by atoms with Crippen LogP contribution in [-0.2, 0) is 0 Å². The van der Waals surface area contributed by atoms with Gasteiger partial charge < -0.3 is 11.1 Å². The van der Waals surface area contributed by atoms with Crippen LogP contribution in [0.5, 0.6) is 0 Å². The fourth-order valence-corrected chi connectivity index (χ4v) is 1.75. The molecule has 1 aromatic carbocycles. The number of carbonyl (C=O) groups excluding carboxylic acids is 1. The molecule has 3 N–H and O–H groups in total. The van der Waals surface area contributed by atoms with Gasteiger partial charge in [0.15, 0.2) is 0 Å². The minimum atomic E-state index is -0.141. The van der Waals surface area contributed by atoms with Crippen LogP contribution in [0.2, 0.25) is 5.02 Å². The fourth-order valence-electron chi connectivity index (χ4n) is 1.43. The van der Waals surface area contributed by atoms with Crippen LogP contribution in [0.25, 0.3) is 0 Å². The number of halogens is 1. The smallest absolute Gasteiger partial charge is 0.253 e. The minimum Gasteiger partial charge on any atom is -0.348 e.